The van der Waals surface area contributed by atoms with E-state index in [2.05, 4.69) is 0 Å². The van der Waals surface area contributed by atoms with Gasteiger partial charge in [-0.05, 0) is 12.1 Å². The molecule has 2 saturated heterocycles. The Hall–Kier alpha value is -1.92. The number of carbonyl (C=O) groups is 2. The normalized spacial score (nSPS) is 30.8. The average Bonchev–Trinajstić information content (AvgIpc) is 3.12. The SMILES string of the molecule is CC(=O)N1[C@@H]2[C@@H](COC(=O)c3ccccc3)OC(O)[C@@H]21. The molecule has 0 spiro atoms. The summed E-state index contributed by atoms with van der Waals surface area (Å²) < 4.78 is 10.4. The molecule has 0 aromatic heterocycles. The standard InChI is InChI=1S/C14H15NO5/c1-8(16)15-11-10(20-14(18)12(11)15)7-19-13(17)9-5-3-2-4-6-9/h2-6,10-12,14,18H,7H2,1H3/t10-,11-,12-,14?,15?/m1/s1. The number of morpholine rings is 1. The zero-order chi connectivity index (χ0) is 14.3. The van der Waals surface area contributed by atoms with E-state index in [0.717, 1.165) is 0 Å². The maximum Gasteiger partial charge on any atom is 0.338 e. The van der Waals surface area contributed by atoms with Crippen molar-refractivity contribution in [1.82, 2.24) is 4.90 Å². The maximum absolute atomic E-state index is 11.8. The fourth-order valence-corrected chi connectivity index (χ4v) is 2.69. The molecule has 0 saturated carbocycles. The van der Waals surface area contributed by atoms with Gasteiger partial charge in [0.15, 0.2) is 6.29 Å². The monoisotopic (exact) mass is 277 g/mol. The zero-order valence-corrected chi connectivity index (χ0v) is 10.9. The van der Waals surface area contributed by atoms with Crippen LogP contribution in [0.3, 0.4) is 0 Å². The van der Waals surface area contributed by atoms with Gasteiger partial charge >= 0.3 is 5.97 Å². The predicted octanol–water partition coefficient (Wildman–Crippen LogP) is 0.160. The predicted molar refractivity (Wildman–Crippen MR) is 67.7 cm³/mol. The van der Waals surface area contributed by atoms with Crippen LogP contribution in [0.5, 0.6) is 0 Å². The first-order valence-electron chi connectivity index (χ1n) is 6.44. The molecule has 20 heavy (non-hydrogen) atoms. The van der Waals surface area contributed by atoms with Crippen LogP contribution in [-0.4, -0.2) is 53.0 Å². The number of carbonyl (C=O) groups excluding carboxylic acids is 2. The molecule has 2 aliphatic heterocycles. The molecule has 6 heteroatoms. The lowest BCUT2D eigenvalue weighted by atomic mass is 10.2. The van der Waals surface area contributed by atoms with Gasteiger partial charge in [-0.1, -0.05) is 18.2 Å². The molecule has 1 amide bonds. The molecule has 0 aliphatic carbocycles. The minimum atomic E-state index is -0.996. The van der Waals surface area contributed by atoms with Crippen molar-refractivity contribution in [2.45, 2.75) is 31.4 Å². The number of fused-ring (bicyclic) bond motifs is 1. The molecule has 106 valence electrons. The molecular formula is C14H15NO5. The van der Waals surface area contributed by atoms with E-state index < -0.39 is 18.4 Å². The molecular weight excluding hydrogens is 262 g/mol. The van der Waals surface area contributed by atoms with Crippen LogP contribution in [0.15, 0.2) is 30.3 Å². The van der Waals surface area contributed by atoms with Gasteiger partial charge in [-0.15, -0.1) is 0 Å². The molecule has 0 bridgehead atoms. The fraction of sp³-hybridized carbons (Fsp3) is 0.429. The lowest BCUT2D eigenvalue weighted by molar-refractivity contribution is -0.148. The Labute approximate surface area is 115 Å². The highest BCUT2D eigenvalue weighted by atomic mass is 16.6. The number of ether oxygens (including phenoxy) is 2. The summed E-state index contributed by atoms with van der Waals surface area (Å²) >= 11 is 0. The van der Waals surface area contributed by atoms with Crippen molar-refractivity contribution in [2.24, 2.45) is 0 Å². The number of amides is 1. The third-order valence-corrected chi connectivity index (χ3v) is 3.64. The van der Waals surface area contributed by atoms with Crippen LogP contribution in [0.1, 0.15) is 17.3 Å². The molecule has 1 N–H and O–H groups in total. The minimum absolute atomic E-state index is 0.0235. The van der Waals surface area contributed by atoms with Crippen LogP contribution in [0, 0.1) is 0 Å². The van der Waals surface area contributed by atoms with Crippen LogP contribution in [0.4, 0.5) is 0 Å². The van der Waals surface area contributed by atoms with Gasteiger partial charge in [0.1, 0.15) is 18.8 Å². The molecule has 6 nitrogen and oxygen atoms in total. The summed E-state index contributed by atoms with van der Waals surface area (Å²) in [5, 5.41) is 9.65. The van der Waals surface area contributed by atoms with Crippen LogP contribution in [-0.2, 0) is 14.3 Å². The first-order valence-corrected chi connectivity index (χ1v) is 6.44. The summed E-state index contributed by atoms with van der Waals surface area (Å²) in [5.41, 5.74) is 0.460. The van der Waals surface area contributed by atoms with Crippen LogP contribution < -0.4 is 0 Å². The maximum atomic E-state index is 11.8. The fourth-order valence-electron chi connectivity index (χ4n) is 2.69. The Morgan fingerprint density at radius 2 is 2.00 bits per heavy atom. The smallest absolute Gasteiger partial charge is 0.338 e. The number of benzene rings is 1. The Morgan fingerprint density at radius 3 is 2.60 bits per heavy atom. The van der Waals surface area contributed by atoms with Crippen molar-refractivity contribution >= 4 is 11.9 Å². The number of aliphatic hydroxyl groups excluding tert-OH is 1. The number of nitrogens with zero attached hydrogens (tertiary/aromatic N) is 1. The number of rotatable bonds is 3. The first kappa shape index (κ1) is 13.1. The third kappa shape index (κ3) is 2.17. The molecule has 1 aromatic rings. The van der Waals surface area contributed by atoms with Gasteiger partial charge in [0.2, 0.25) is 5.91 Å². The van der Waals surface area contributed by atoms with E-state index in [9.17, 15) is 14.7 Å². The highest BCUT2D eigenvalue weighted by Crippen LogP contribution is 2.42. The number of hydrogen-bond donors (Lipinski definition) is 1. The van der Waals surface area contributed by atoms with E-state index >= 15 is 0 Å². The van der Waals surface area contributed by atoms with Gasteiger partial charge in [-0.3, -0.25) is 4.79 Å². The van der Waals surface area contributed by atoms with Crippen LogP contribution in [0.25, 0.3) is 0 Å². The summed E-state index contributed by atoms with van der Waals surface area (Å²) in [4.78, 5) is 24.7. The van der Waals surface area contributed by atoms with Crippen molar-refractivity contribution in [3.05, 3.63) is 35.9 Å². The Morgan fingerprint density at radius 1 is 1.30 bits per heavy atom. The van der Waals surface area contributed by atoms with Gasteiger partial charge in [-0.25, -0.2) is 4.79 Å². The van der Waals surface area contributed by atoms with E-state index in [0.29, 0.717) is 5.56 Å². The van der Waals surface area contributed by atoms with Gasteiger partial charge in [0, 0.05) is 6.92 Å². The Kier molecular flexibility index (Phi) is 3.19. The quantitative estimate of drug-likeness (QED) is 0.629. The van der Waals surface area contributed by atoms with E-state index in [4.69, 9.17) is 9.47 Å². The number of esters is 1. The van der Waals surface area contributed by atoms with E-state index in [-0.39, 0.29) is 24.6 Å². The average molecular weight is 277 g/mol. The largest absolute Gasteiger partial charge is 0.459 e. The van der Waals surface area contributed by atoms with E-state index in [1.807, 2.05) is 6.07 Å². The highest BCUT2D eigenvalue weighted by Gasteiger charge is 2.64. The molecule has 1 aromatic carbocycles. The number of hydrogen-bond acceptors (Lipinski definition) is 5. The summed E-state index contributed by atoms with van der Waals surface area (Å²) in [6, 6.07) is 8.15. The van der Waals surface area contributed by atoms with Gasteiger partial charge in [0.25, 0.3) is 0 Å². The zero-order valence-electron chi connectivity index (χ0n) is 10.9. The van der Waals surface area contributed by atoms with Crippen molar-refractivity contribution < 1.29 is 24.2 Å². The summed E-state index contributed by atoms with van der Waals surface area (Å²) in [7, 11) is 0. The molecule has 2 aliphatic rings. The Bertz CT molecular complexity index is 532. The van der Waals surface area contributed by atoms with Crippen molar-refractivity contribution in [3.8, 4) is 0 Å². The van der Waals surface area contributed by atoms with E-state index in [1.165, 1.54) is 6.92 Å². The third-order valence-electron chi connectivity index (χ3n) is 3.64. The molecule has 0 radical (unpaired) electrons. The number of aliphatic hydroxyl groups is 1. The van der Waals surface area contributed by atoms with Gasteiger partial charge in [-0.2, -0.15) is 0 Å². The van der Waals surface area contributed by atoms with Crippen molar-refractivity contribution in [3.63, 3.8) is 0 Å². The van der Waals surface area contributed by atoms with Crippen LogP contribution in [0.2, 0.25) is 0 Å². The van der Waals surface area contributed by atoms with Crippen molar-refractivity contribution in [1.29, 1.82) is 0 Å². The summed E-state index contributed by atoms with van der Waals surface area (Å²) in [5.74, 6) is -0.552. The molecule has 4 atom stereocenters. The topological polar surface area (TPSA) is 75.8 Å². The second kappa shape index (κ2) is 4.88. The van der Waals surface area contributed by atoms with Gasteiger partial charge in [0.05, 0.1) is 11.6 Å². The Balaban J connectivity index is 1.57. The molecule has 2 fully saturated rings. The minimum Gasteiger partial charge on any atom is -0.459 e. The highest BCUT2D eigenvalue weighted by molar-refractivity contribution is 5.89. The van der Waals surface area contributed by atoms with Crippen LogP contribution >= 0.6 is 0 Å². The second-order valence-corrected chi connectivity index (χ2v) is 4.94. The second-order valence-electron chi connectivity index (χ2n) is 4.94. The first-order chi connectivity index (χ1) is 9.59. The lowest BCUT2D eigenvalue weighted by Gasteiger charge is -2.18. The summed E-state index contributed by atoms with van der Waals surface area (Å²) in [6.45, 7) is 1.47. The lowest BCUT2D eigenvalue weighted by Crippen LogP contribution is -2.33. The summed E-state index contributed by atoms with van der Waals surface area (Å²) in [6.07, 6.45) is -1.46. The van der Waals surface area contributed by atoms with E-state index in [1.54, 1.807) is 29.2 Å². The van der Waals surface area contributed by atoms with Gasteiger partial charge < -0.3 is 19.5 Å². The molecule has 3 rings (SSSR count). The molecule has 1 unspecified atom stereocenters. The van der Waals surface area contributed by atoms with Crippen molar-refractivity contribution in [2.75, 3.05) is 6.61 Å². The molecule has 2 heterocycles.